The molecule has 1 aromatic heterocycles. The zero-order valence-corrected chi connectivity index (χ0v) is 7.86. The first-order valence-corrected chi connectivity index (χ1v) is 4.12. The van der Waals surface area contributed by atoms with Crippen LogP contribution in [0.25, 0.3) is 0 Å². The lowest BCUT2D eigenvalue weighted by Gasteiger charge is -2.01. The second kappa shape index (κ2) is 4.77. The summed E-state index contributed by atoms with van der Waals surface area (Å²) in [5.74, 6) is 1.30. The highest BCUT2D eigenvalue weighted by Gasteiger charge is 2.06. The van der Waals surface area contributed by atoms with Crippen LogP contribution >= 0.6 is 0 Å². The molecule has 1 heterocycles. The third-order valence-corrected chi connectivity index (χ3v) is 1.63. The topological polar surface area (TPSA) is 85.1 Å². The number of primary amides is 1. The minimum Gasteiger partial charge on any atom is -0.364 e. The number of hydrogen-bond acceptors (Lipinski definition) is 3. The zero-order valence-electron chi connectivity index (χ0n) is 7.86. The first kappa shape index (κ1) is 10.7. The van der Waals surface area contributed by atoms with Crippen molar-refractivity contribution < 1.29 is 9.59 Å². The van der Waals surface area contributed by atoms with Gasteiger partial charge in [0.2, 0.25) is 0 Å². The van der Waals surface area contributed by atoms with Crippen molar-refractivity contribution in [1.82, 2.24) is 10.3 Å². The van der Waals surface area contributed by atoms with E-state index in [4.69, 9.17) is 12.2 Å². The van der Waals surface area contributed by atoms with Crippen molar-refractivity contribution in [3.63, 3.8) is 0 Å². The number of nitrogens with zero attached hydrogens (tertiary/aromatic N) is 1. The van der Waals surface area contributed by atoms with E-state index >= 15 is 0 Å². The lowest BCUT2D eigenvalue weighted by Crippen LogP contribution is -2.24. The van der Waals surface area contributed by atoms with Gasteiger partial charge in [0.25, 0.3) is 11.8 Å². The Hall–Kier alpha value is -2.35. The summed E-state index contributed by atoms with van der Waals surface area (Å²) in [6.07, 6.45) is 6.25. The minimum absolute atomic E-state index is 0.114. The number of carbonyl (C=O) groups is 2. The van der Waals surface area contributed by atoms with Crippen molar-refractivity contribution >= 4 is 11.8 Å². The molecule has 0 saturated carbocycles. The molecule has 0 aromatic carbocycles. The molecule has 0 spiro atoms. The molecule has 0 aliphatic heterocycles. The zero-order chi connectivity index (χ0) is 11.3. The molecule has 76 valence electrons. The summed E-state index contributed by atoms with van der Waals surface area (Å²) in [4.78, 5) is 25.7. The Bertz CT molecular complexity index is 417. The first-order chi connectivity index (χ1) is 7.15. The monoisotopic (exact) mass is 203 g/mol. The van der Waals surface area contributed by atoms with Crippen molar-refractivity contribution in [3.05, 3.63) is 29.6 Å². The summed E-state index contributed by atoms with van der Waals surface area (Å²) in [5, 5.41) is 2.47. The predicted octanol–water partition coefficient (Wildman–Crippen LogP) is -0.457. The second-order valence-electron chi connectivity index (χ2n) is 2.68. The Morgan fingerprint density at radius 2 is 2.27 bits per heavy atom. The van der Waals surface area contributed by atoms with Crippen LogP contribution in [0.3, 0.4) is 0 Å². The number of pyridine rings is 1. The SMILES string of the molecule is C#CCNC(=O)c1ccc(C(N)=O)nc1. The van der Waals surface area contributed by atoms with Crippen molar-refractivity contribution in [2.45, 2.75) is 0 Å². The second-order valence-corrected chi connectivity index (χ2v) is 2.68. The van der Waals surface area contributed by atoms with Crippen LogP contribution in [0, 0.1) is 12.3 Å². The molecule has 0 unspecified atom stereocenters. The molecule has 5 nitrogen and oxygen atoms in total. The molecule has 1 aromatic rings. The van der Waals surface area contributed by atoms with Crippen LogP contribution in [0.15, 0.2) is 18.3 Å². The molecule has 0 fully saturated rings. The Morgan fingerprint density at radius 1 is 1.53 bits per heavy atom. The predicted molar refractivity (Wildman–Crippen MR) is 53.9 cm³/mol. The van der Waals surface area contributed by atoms with Crippen molar-refractivity contribution in [3.8, 4) is 12.3 Å². The highest BCUT2D eigenvalue weighted by molar-refractivity contribution is 5.95. The Morgan fingerprint density at radius 3 is 2.73 bits per heavy atom. The molecular weight excluding hydrogens is 194 g/mol. The standard InChI is InChI=1S/C10H9N3O2/c1-2-5-12-10(15)7-3-4-8(9(11)14)13-6-7/h1,3-4,6H,5H2,(H2,11,14)(H,12,15). The highest BCUT2D eigenvalue weighted by atomic mass is 16.2. The van der Waals surface area contributed by atoms with E-state index in [0.717, 1.165) is 0 Å². The molecule has 5 heteroatoms. The molecule has 3 N–H and O–H groups in total. The molecule has 2 amide bonds. The van der Waals surface area contributed by atoms with Crippen molar-refractivity contribution in [1.29, 1.82) is 0 Å². The van der Waals surface area contributed by atoms with Crippen LogP contribution in [-0.4, -0.2) is 23.3 Å². The van der Waals surface area contributed by atoms with Gasteiger partial charge in [0.15, 0.2) is 0 Å². The van der Waals surface area contributed by atoms with Gasteiger partial charge in [-0.05, 0) is 12.1 Å². The van der Waals surface area contributed by atoms with Gasteiger partial charge >= 0.3 is 0 Å². The number of nitrogens with one attached hydrogen (secondary N) is 1. The number of terminal acetylenes is 1. The van der Waals surface area contributed by atoms with Gasteiger partial charge in [0.05, 0.1) is 12.1 Å². The normalized spacial score (nSPS) is 9.00. The van der Waals surface area contributed by atoms with E-state index in [2.05, 4.69) is 16.2 Å². The van der Waals surface area contributed by atoms with E-state index in [-0.39, 0.29) is 18.1 Å². The smallest absolute Gasteiger partial charge is 0.267 e. The molecule has 0 saturated heterocycles. The summed E-state index contributed by atoms with van der Waals surface area (Å²) in [5.41, 5.74) is 5.43. The summed E-state index contributed by atoms with van der Waals surface area (Å²) < 4.78 is 0. The Kier molecular flexibility index (Phi) is 3.41. The quantitative estimate of drug-likeness (QED) is 0.652. The number of aromatic nitrogens is 1. The van der Waals surface area contributed by atoms with Crippen molar-refractivity contribution in [2.75, 3.05) is 6.54 Å². The fourth-order valence-electron chi connectivity index (χ4n) is 0.907. The fraction of sp³-hybridized carbons (Fsp3) is 0.100. The number of nitrogens with two attached hydrogens (primary N) is 1. The van der Waals surface area contributed by atoms with Crippen LogP contribution in [0.1, 0.15) is 20.8 Å². The van der Waals surface area contributed by atoms with Crippen LogP contribution in [0.5, 0.6) is 0 Å². The number of hydrogen-bond donors (Lipinski definition) is 2. The summed E-state index contributed by atoms with van der Waals surface area (Å²) in [6, 6.07) is 2.84. The average Bonchev–Trinajstić information content (AvgIpc) is 2.26. The fourth-order valence-corrected chi connectivity index (χ4v) is 0.907. The van der Waals surface area contributed by atoms with Crippen LogP contribution in [0.2, 0.25) is 0 Å². The maximum Gasteiger partial charge on any atom is 0.267 e. The van der Waals surface area contributed by atoms with Crippen molar-refractivity contribution in [2.24, 2.45) is 5.73 Å². The molecule has 15 heavy (non-hydrogen) atoms. The summed E-state index contributed by atoms with van der Waals surface area (Å²) in [6.45, 7) is 0.149. The van der Waals surface area contributed by atoms with Crippen LogP contribution < -0.4 is 11.1 Å². The summed E-state index contributed by atoms with van der Waals surface area (Å²) in [7, 11) is 0. The maximum atomic E-state index is 11.3. The molecule has 0 atom stereocenters. The Balaban J connectivity index is 2.76. The van der Waals surface area contributed by atoms with Gasteiger partial charge in [-0.1, -0.05) is 5.92 Å². The van der Waals surface area contributed by atoms with Gasteiger partial charge in [0, 0.05) is 6.20 Å². The molecule has 0 bridgehead atoms. The summed E-state index contributed by atoms with van der Waals surface area (Å²) >= 11 is 0. The minimum atomic E-state index is -0.634. The van der Waals surface area contributed by atoms with E-state index in [1.807, 2.05) is 0 Å². The number of carbonyl (C=O) groups excluding carboxylic acids is 2. The van der Waals surface area contributed by atoms with Crippen LogP contribution in [0.4, 0.5) is 0 Å². The first-order valence-electron chi connectivity index (χ1n) is 4.12. The maximum absolute atomic E-state index is 11.3. The third-order valence-electron chi connectivity index (χ3n) is 1.63. The largest absolute Gasteiger partial charge is 0.364 e. The number of rotatable bonds is 3. The average molecular weight is 203 g/mol. The lowest BCUT2D eigenvalue weighted by atomic mass is 10.2. The molecule has 0 radical (unpaired) electrons. The number of amides is 2. The van der Waals surface area contributed by atoms with E-state index in [1.165, 1.54) is 18.3 Å². The van der Waals surface area contributed by atoms with Gasteiger partial charge < -0.3 is 11.1 Å². The van der Waals surface area contributed by atoms with E-state index in [9.17, 15) is 9.59 Å². The van der Waals surface area contributed by atoms with Gasteiger partial charge in [-0.2, -0.15) is 0 Å². The molecule has 0 aliphatic carbocycles. The highest BCUT2D eigenvalue weighted by Crippen LogP contribution is 1.99. The lowest BCUT2D eigenvalue weighted by molar-refractivity contribution is 0.0954. The van der Waals surface area contributed by atoms with Gasteiger partial charge in [-0.15, -0.1) is 6.42 Å². The molecular formula is C10H9N3O2. The van der Waals surface area contributed by atoms with E-state index < -0.39 is 5.91 Å². The molecule has 1 rings (SSSR count). The van der Waals surface area contributed by atoms with Gasteiger partial charge in [0.1, 0.15) is 5.69 Å². The van der Waals surface area contributed by atoms with E-state index in [1.54, 1.807) is 0 Å². The Labute approximate surface area is 86.7 Å². The van der Waals surface area contributed by atoms with Crippen LogP contribution in [-0.2, 0) is 0 Å². The van der Waals surface area contributed by atoms with Gasteiger partial charge in [-0.25, -0.2) is 0 Å². The molecule has 0 aliphatic rings. The van der Waals surface area contributed by atoms with E-state index in [0.29, 0.717) is 5.56 Å². The third kappa shape index (κ3) is 2.81. The van der Waals surface area contributed by atoms with Gasteiger partial charge in [-0.3, -0.25) is 14.6 Å².